The molecular weight excluding hydrogens is 426 g/mol. The molecule has 2 heterocycles. The third-order valence-corrected chi connectivity index (χ3v) is 6.97. The third-order valence-electron chi connectivity index (χ3n) is 4.03. The maximum absolute atomic E-state index is 12.3. The molecule has 9 heteroatoms. The van der Waals surface area contributed by atoms with Gasteiger partial charge in [-0.3, -0.25) is 4.79 Å². The highest BCUT2D eigenvalue weighted by atomic mass is 32.2. The van der Waals surface area contributed by atoms with Crippen molar-refractivity contribution in [3.8, 4) is 22.8 Å². The van der Waals surface area contributed by atoms with Crippen molar-refractivity contribution in [1.29, 1.82) is 0 Å². The van der Waals surface area contributed by atoms with E-state index in [4.69, 9.17) is 9.47 Å². The molecule has 2 aromatic heterocycles. The number of rotatable bonds is 7. The second-order valence-electron chi connectivity index (χ2n) is 5.89. The van der Waals surface area contributed by atoms with Crippen LogP contribution in [0.15, 0.2) is 52.2 Å². The Morgan fingerprint density at radius 2 is 1.93 bits per heavy atom. The number of hydrogen-bond donors (Lipinski definition) is 1. The van der Waals surface area contributed by atoms with Gasteiger partial charge in [-0.25, -0.2) is 9.97 Å². The zero-order valence-corrected chi connectivity index (χ0v) is 18.1. The lowest BCUT2D eigenvalue weighted by Gasteiger charge is -2.08. The van der Waals surface area contributed by atoms with E-state index < -0.39 is 0 Å². The molecule has 29 heavy (non-hydrogen) atoms. The van der Waals surface area contributed by atoms with E-state index in [1.54, 1.807) is 25.6 Å². The first-order valence-electron chi connectivity index (χ1n) is 8.62. The second kappa shape index (κ2) is 8.81. The van der Waals surface area contributed by atoms with Crippen LogP contribution in [0.2, 0.25) is 0 Å². The van der Waals surface area contributed by atoms with Gasteiger partial charge >= 0.3 is 0 Å². The first-order valence-corrected chi connectivity index (χ1v) is 11.3. The molecule has 0 bridgehead atoms. The number of thiazole rings is 2. The van der Waals surface area contributed by atoms with Crippen molar-refractivity contribution in [3.05, 3.63) is 47.8 Å². The molecule has 0 saturated heterocycles. The normalized spacial score (nSPS) is 10.8. The van der Waals surface area contributed by atoms with Gasteiger partial charge in [0.05, 0.1) is 35.9 Å². The monoisotopic (exact) mass is 443 g/mol. The van der Waals surface area contributed by atoms with Gasteiger partial charge in [-0.05, 0) is 30.3 Å². The largest absolute Gasteiger partial charge is 0.493 e. The fraction of sp³-hybridized carbons (Fsp3) is 0.150. The number of amides is 1. The lowest BCUT2D eigenvalue weighted by molar-refractivity contribution is -0.113. The number of benzene rings is 2. The summed E-state index contributed by atoms with van der Waals surface area (Å²) < 4.78 is 12.6. The summed E-state index contributed by atoms with van der Waals surface area (Å²) in [5.74, 6) is 1.47. The molecule has 2 aromatic carbocycles. The molecule has 0 aliphatic carbocycles. The van der Waals surface area contributed by atoms with Crippen LogP contribution in [0.5, 0.6) is 11.5 Å². The van der Waals surface area contributed by atoms with E-state index in [2.05, 4.69) is 15.3 Å². The Kier molecular flexibility index (Phi) is 5.98. The van der Waals surface area contributed by atoms with Gasteiger partial charge in [-0.15, -0.1) is 22.7 Å². The van der Waals surface area contributed by atoms with Crippen molar-refractivity contribution < 1.29 is 14.3 Å². The van der Waals surface area contributed by atoms with Crippen LogP contribution in [0.4, 0.5) is 5.13 Å². The smallest absolute Gasteiger partial charge is 0.236 e. The van der Waals surface area contributed by atoms with Gasteiger partial charge in [0.25, 0.3) is 0 Å². The van der Waals surface area contributed by atoms with E-state index in [-0.39, 0.29) is 11.7 Å². The lowest BCUT2D eigenvalue weighted by atomic mass is 10.1. The maximum Gasteiger partial charge on any atom is 0.236 e. The Morgan fingerprint density at radius 3 is 2.72 bits per heavy atom. The summed E-state index contributed by atoms with van der Waals surface area (Å²) in [6, 6.07) is 13.6. The molecule has 4 aromatic rings. The third kappa shape index (κ3) is 4.52. The van der Waals surface area contributed by atoms with E-state index in [1.165, 1.54) is 23.1 Å². The van der Waals surface area contributed by atoms with Crippen molar-refractivity contribution in [2.45, 2.75) is 4.34 Å². The van der Waals surface area contributed by atoms with E-state index in [1.807, 2.05) is 47.8 Å². The van der Waals surface area contributed by atoms with Crippen molar-refractivity contribution in [1.82, 2.24) is 9.97 Å². The number of aromatic nitrogens is 2. The topological polar surface area (TPSA) is 73.3 Å². The average Bonchev–Trinajstić information content (AvgIpc) is 3.38. The molecule has 0 fully saturated rings. The van der Waals surface area contributed by atoms with Gasteiger partial charge in [-0.1, -0.05) is 23.9 Å². The standard InChI is InChI=1S/C20H17N3O3S3/c1-25-15-8-7-12(9-16(15)26-2)14-10-27-19(21-14)23-18(24)11-28-20-22-13-5-3-4-6-17(13)29-20/h3-10H,11H2,1-2H3,(H,21,23,24). The Hall–Kier alpha value is -2.62. The predicted molar refractivity (Wildman–Crippen MR) is 120 cm³/mol. The van der Waals surface area contributed by atoms with Gasteiger partial charge in [0.15, 0.2) is 21.0 Å². The number of carbonyl (C=O) groups excluding carboxylic acids is 1. The molecule has 1 N–H and O–H groups in total. The average molecular weight is 444 g/mol. The predicted octanol–water partition coefficient (Wildman–Crippen LogP) is 5.17. The van der Waals surface area contributed by atoms with E-state index in [0.29, 0.717) is 16.6 Å². The van der Waals surface area contributed by atoms with Gasteiger partial charge < -0.3 is 14.8 Å². The van der Waals surface area contributed by atoms with Gasteiger partial charge in [0.1, 0.15) is 0 Å². The van der Waals surface area contributed by atoms with Crippen LogP contribution in [-0.2, 0) is 4.79 Å². The highest BCUT2D eigenvalue weighted by Crippen LogP contribution is 2.34. The first kappa shape index (κ1) is 19.7. The number of nitrogens with one attached hydrogen (secondary N) is 1. The van der Waals surface area contributed by atoms with Crippen LogP contribution < -0.4 is 14.8 Å². The van der Waals surface area contributed by atoms with Crippen molar-refractivity contribution in [3.63, 3.8) is 0 Å². The number of nitrogens with zero attached hydrogens (tertiary/aromatic N) is 2. The van der Waals surface area contributed by atoms with Crippen LogP contribution >= 0.6 is 34.4 Å². The molecule has 1 amide bonds. The number of ether oxygens (including phenoxy) is 2. The van der Waals surface area contributed by atoms with Crippen molar-refractivity contribution >= 4 is 55.7 Å². The Bertz CT molecular complexity index is 1120. The molecule has 0 aliphatic heterocycles. The summed E-state index contributed by atoms with van der Waals surface area (Å²) in [5.41, 5.74) is 2.62. The minimum Gasteiger partial charge on any atom is -0.493 e. The van der Waals surface area contributed by atoms with Crippen LogP contribution in [0.25, 0.3) is 21.5 Å². The fourth-order valence-electron chi connectivity index (χ4n) is 2.65. The minimum absolute atomic E-state index is 0.109. The Labute approximate surface area is 179 Å². The maximum atomic E-state index is 12.3. The summed E-state index contributed by atoms with van der Waals surface area (Å²) in [7, 11) is 3.19. The zero-order chi connectivity index (χ0) is 20.2. The number of carbonyl (C=O) groups is 1. The lowest BCUT2D eigenvalue weighted by Crippen LogP contribution is -2.13. The number of thioether (sulfide) groups is 1. The molecule has 0 saturated carbocycles. The van der Waals surface area contributed by atoms with Crippen molar-refractivity contribution in [2.75, 3.05) is 25.3 Å². The quantitative estimate of drug-likeness (QED) is 0.397. The van der Waals surface area contributed by atoms with Crippen LogP contribution in [0.1, 0.15) is 0 Å². The zero-order valence-electron chi connectivity index (χ0n) is 15.7. The fourth-order valence-corrected chi connectivity index (χ4v) is 5.26. The van der Waals surface area contributed by atoms with Crippen LogP contribution in [-0.4, -0.2) is 35.8 Å². The highest BCUT2D eigenvalue weighted by molar-refractivity contribution is 8.01. The summed E-state index contributed by atoms with van der Waals surface area (Å²) in [5, 5.41) is 5.32. The second-order valence-corrected chi connectivity index (χ2v) is 9.00. The number of fused-ring (bicyclic) bond motifs is 1. The highest BCUT2D eigenvalue weighted by Gasteiger charge is 2.12. The molecule has 0 radical (unpaired) electrons. The Morgan fingerprint density at radius 1 is 1.10 bits per heavy atom. The summed E-state index contributed by atoms with van der Waals surface area (Å²) in [6.07, 6.45) is 0. The van der Waals surface area contributed by atoms with Crippen LogP contribution in [0, 0.1) is 0 Å². The van der Waals surface area contributed by atoms with E-state index >= 15 is 0 Å². The number of hydrogen-bond acceptors (Lipinski definition) is 8. The molecular formula is C20H17N3O3S3. The SMILES string of the molecule is COc1ccc(-c2csc(NC(=O)CSc3nc4ccccc4s3)n2)cc1OC. The van der Waals surface area contributed by atoms with E-state index in [0.717, 1.165) is 25.8 Å². The van der Waals surface area contributed by atoms with Crippen LogP contribution in [0.3, 0.4) is 0 Å². The number of methoxy groups -OCH3 is 2. The van der Waals surface area contributed by atoms with Gasteiger partial charge in [0.2, 0.25) is 5.91 Å². The molecule has 148 valence electrons. The summed E-state index contributed by atoms with van der Waals surface area (Å²) in [4.78, 5) is 21.3. The molecule has 0 aliphatic rings. The molecule has 6 nitrogen and oxygen atoms in total. The summed E-state index contributed by atoms with van der Waals surface area (Å²) >= 11 is 4.40. The van der Waals surface area contributed by atoms with Crippen molar-refractivity contribution in [2.24, 2.45) is 0 Å². The van der Waals surface area contributed by atoms with Gasteiger partial charge in [0, 0.05) is 10.9 Å². The summed E-state index contributed by atoms with van der Waals surface area (Å²) in [6.45, 7) is 0. The molecule has 0 atom stereocenters. The molecule has 0 spiro atoms. The molecule has 4 rings (SSSR count). The minimum atomic E-state index is -0.109. The number of para-hydroxylation sites is 1. The number of anilines is 1. The Balaban J connectivity index is 1.39. The first-order chi connectivity index (χ1) is 14.2. The van der Waals surface area contributed by atoms with E-state index in [9.17, 15) is 4.79 Å². The van der Waals surface area contributed by atoms with Gasteiger partial charge in [-0.2, -0.15) is 0 Å². The molecule has 0 unspecified atom stereocenters.